The minimum Gasteiger partial charge on any atom is -0.463 e. The average Bonchev–Trinajstić information content (AvgIpc) is 3.39. The molecule has 1 heterocycles. The highest BCUT2D eigenvalue weighted by molar-refractivity contribution is 5.95. The summed E-state index contributed by atoms with van der Waals surface area (Å²) in [7, 11) is 0. The molecule has 6 nitrogen and oxygen atoms in total. The van der Waals surface area contributed by atoms with Gasteiger partial charge in [0.1, 0.15) is 5.75 Å². The fourth-order valence-corrected chi connectivity index (χ4v) is 3.09. The molecule has 1 unspecified atom stereocenters. The van der Waals surface area contributed by atoms with E-state index in [1.807, 2.05) is 0 Å². The van der Waals surface area contributed by atoms with Crippen LogP contribution in [0.4, 0.5) is 13.6 Å². The number of urea groups is 1. The highest BCUT2D eigenvalue weighted by Crippen LogP contribution is 2.38. The van der Waals surface area contributed by atoms with Crippen molar-refractivity contribution in [3.63, 3.8) is 0 Å². The highest BCUT2D eigenvalue weighted by atomic mass is 19.3. The van der Waals surface area contributed by atoms with Crippen LogP contribution >= 0.6 is 0 Å². The Morgan fingerprint density at radius 1 is 1.31 bits per heavy atom. The third-order valence-corrected chi connectivity index (χ3v) is 4.37. The fraction of sp³-hybridized carbons (Fsp3) is 0.444. The van der Waals surface area contributed by atoms with E-state index in [9.17, 15) is 18.4 Å². The number of alkyl halides is 2. The second-order valence-electron chi connectivity index (χ2n) is 6.15. The number of nitrogens with one attached hydrogen (secondary N) is 1. The second kappa shape index (κ2) is 7.31. The Hall–Kier alpha value is -2.64. The van der Waals surface area contributed by atoms with Crippen molar-refractivity contribution in [2.45, 2.75) is 45.4 Å². The topological polar surface area (TPSA) is 67.9 Å². The summed E-state index contributed by atoms with van der Waals surface area (Å²) in [5.41, 5.74) is 1.49. The number of carbonyl (C=O) groups excluding carboxylic acids is 2. The number of ether oxygens (including phenoxy) is 2. The van der Waals surface area contributed by atoms with Gasteiger partial charge in [-0.2, -0.15) is 8.78 Å². The minimum atomic E-state index is -2.92. The number of amides is 2. The zero-order chi connectivity index (χ0) is 18.8. The van der Waals surface area contributed by atoms with Crippen LogP contribution in [0, 0.1) is 0 Å². The largest absolute Gasteiger partial charge is 0.463 e. The van der Waals surface area contributed by atoms with Crippen molar-refractivity contribution >= 4 is 12.0 Å². The van der Waals surface area contributed by atoms with E-state index in [-0.39, 0.29) is 24.4 Å². The van der Waals surface area contributed by atoms with E-state index < -0.39 is 18.6 Å². The maximum Gasteiger partial charge on any atom is 0.387 e. The van der Waals surface area contributed by atoms with Crippen molar-refractivity contribution in [1.29, 1.82) is 0 Å². The Bertz CT molecular complexity index is 729. The van der Waals surface area contributed by atoms with Gasteiger partial charge in [-0.05, 0) is 44.4 Å². The van der Waals surface area contributed by atoms with Crippen LogP contribution in [0.5, 0.6) is 5.75 Å². The van der Waals surface area contributed by atoms with Crippen LogP contribution < -0.4 is 10.1 Å². The molecule has 1 saturated carbocycles. The Labute approximate surface area is 149 Å². The summed E-state index contributed by atoms with van der Waals surface area (Å²) >= 11 is 0. The predicted molar refractivity (Wildman–Crippen MR) is 88.5 cm³/mol. The molecule has 3 rings (SSSR count). The molecule has 1 aliphatic heterocycles. The van der Waals surface area contributed by atoms with Gasteiger partial charge in [0.05, 0.1) is 18.2 Å². The van der Waals surface area contributed by atoms with Crippen molar-refractivity contribution in [1.82, 2.24) is 10.2 Å². The fourth-order valence-electron chi connectivity index (χ4n) is 3.09. The van der Waals surface area contributed by atoms with Crippen molar-refractivity contribution in [3.05, 3.63) is 41.1 Å². The number of esters is 1. The van der Waals surface area contributed by atoms with Gasteiger partial charge in [0.25, 0.3) is 0 Å². The number of halogens is 2. The van der Waals surface area contributed by atoms with Crippen LogP contribution in [0.25, 0.3) is 0 Å². The Balaban J connectivity index is 1.95. The molecule has 1 aromatic carbocycles. The zero-order valence-corrected chi connectivity index (χ0v) is 14.5. The number of hydrogen-bond donors (Lipinski definition) is 1. The predicted octanol–water partition coefficient (Wildman–Crippen LogP) is 3.35. The standard InChI is InChI=1S/C18H20F2N2O4/c1-3-25-16(23)14-10(2)22(12-6-7-12)18(24)21-15(14)11-4-8-13(9-5-11)26-17(19)20/h4-5,8-9,12,15,17H,3,6-7H2,1-2H3,(H,21,24). The molecule has 1 aromatic rings. The lowest BCUT2D eigenvalue weighted by atomic mass is 9.94. The maximum absolute atomic E-state index is 12.5. The first-order valence-electron chi connectivity index (χ1n) is 8.44. The quantitative estimate of drug-likeness (QED) is 0.784. The SMILES string of the molecule is CCOC(=O)C1=C(C)N(C2CC2)C(=O)NC1c1ccc(OC(F)F)cc1. The van der Waals surface area contributed by atoms with Gasteiger partial charge in [-0.25, -0.2) is 9.59 Å². The van der Waals surface area contributed by atoms with Gasteiger partial charge >= 0.3 is 18.6 Å². The van der Waals surface area contributed by atoms with Gasteiger partial charge in [0.15, 0.2) is 0 Å². The van der Waals surface area contributed by atoms with Crippen LogP contribution in [0.15, 0.2) is 35.5 Å². The summed E-state index contributed by atoms with van der Waals surface area (Å²) < 4.78 is 34.1. The maximum atomic E-state index is 12.5. The molecule has 26 heavy (non-hydrogen) atoms. The molecule has 140 valence electrons. The van der Waals surface area contributed by atoms with Crippen molar-refractivity contribution in [2.75, 3.05) is 6.61 Å². The second-order valence-corrected chi connectivity index (χ2v) is 6.15. The van der Waals surface area contributed by atoms with Crippen LogP contribution in [0.2, 0.25) is 0 Å². The summed E-state index contributed by atoms with van der Waals surface area (Å²) in [6.45, 7) is 0.727. The van der Waals surface area contributed by atoms with E-state index in [2.05, 4.69) is 10.1 Å². The van der Waals surface area contributed by atoms with Crippen molar-refractivity contribution < 1.29 is 27.8 Å². The van der Waals surface area contributed by atoms with Crippen LogP contribution in [-0.4, -0.2) is 36.2 Å². The number of benzene rings is 1. The normalized spacial score (nSPS) is 20.3. The van der Waals surface area contributed by atoms with Crippen molar-refractivity contribution in [2.24, 2.45) is 0 Å². The molecule has 0 aromatic heterocycles. The van der Waals surface area contributed by atoms with E-state index in [0.717, 1.165) is 12.8 Å². The van der Waals surface area contributed by atoms with Crippen LogP contribution in [0.3, 0.4) is 0 Å². The van der Waals surface area contributed by atoms with E-state index in [1.54, 1.807) is 30.9 Å². The third-order valence-electron chi connectivity index (χ3n) is 4.37. The first-order chi connectivity index (χ1) is 12.4. The van der Waals surface area contributed by atoms with E-state index in [1.165, 1.54) is 12.1 Å². The molecular weight excluding hydrogens is 346 g/mol. The highest BCUT2D eigenvalue weighted by Gasteiger charge is 2.42. The summed E-state index contributed by atoms with van der Waals surface area (Å²) in [4.78, 5) is 26.6. The Morgan fingerprint density at radius 2 is 1.96 bits per heavy atom. The first kappa shape index (κ1) is 18.2. The summed E-state index contributed by atoms with van der Waals surface area (Å²) in [6, 6.07) is 4.94. The minimum absolute atomic E-state index is 0.00359. The van der Waals surface area contributed by atoms with Gasteiger partial charge in [-0.3, -0.25) is 4.90 Å². The Morgan fingerprint density at radius 3 is 2.50 bits per heavy atom. The number of rotatable bonds is 6. The smallest absolute Gasteiger partial charge is 0.387 e. The lowest BCUT2D eigenvalue weighted by molar-refractivity contribution is -0.139. The van der Waals surface area contributed by atoms with E-state index in [0.29, 0.717) is 16.8 Å². The molecule has 1 fully saturated rings. The zero-order valence-electron chi connectivity index (χ0n) is 14.5. The summed E-state index contributed by atoms with van der Waals surface area (Å²) in [6.07, 6.45) is 1.79. The van der Waals surface area contributed by atoms with Gasteiger partial charge in [0, 0.05) is 11.7 Å². The number of hydrogen-bond acceptors (Lipinski definition) is 4. The molecule has 0 spiro atoms. The third kappa shape index (κ3) is 3.63. The molecule has 0 radical (unpaired) electrons. The number of carbonyl (C=O) groups is 2. The van der Waals surface area contributed by atoms with E-state index in [4.69, 9.17) is 4.74 Å². The summed E-state index contributed by atoms with van der Waals surface area (Å²) in [5, 5.41) is 2.82. The summed E-state index contributed by atoms with van der Waals surface area (Å²) in [5.74, 6) is -0.502. The lowest BCUT2D eigenvalue weighted by Gasteiger charge is -2.35. The van der Waals surface area contributed by atoms with Gasteiger partial charge < -0.3 is 14.8 Å². The molecule has 8 heteroatoms. The molecule has 1 N–H and O–H groups in total. The van der Waals surface area contributed by atoms with Gasteiger partial charge in [0.2, 0.25) is 0 Å². The molecule has 1 atom stereocenters. The molecular formula is C18H20F2N2O4. The van der Waals surface area contributed by atoms with Crippen LogP contribution in [0.1, 0.15) is 38.3 Å². The van der Waals surface area contributed by atoms with Crippen molar-refractivity contribution in [3.8, 4) is 5.75 Å². The lowest BCUT2D eigenvalue weighted by Crippen LogP contribution is -2.48. The average molecular weight is 366 g/mol. The van der Waals surface area contributed by atoms with Crippen LogP contribution in [-0.2, 0) is 9.53 Å². The monoisotopic (exact) mass is 366 g/mol. The molecule has 2 amide bonds. The molecule has 0 saturated heterocycles. The first-order valence-corrected chi connectivity index (χ1v) is 8.44. The van der Waals surface area contributed by atoms with Gasteiger partial charge in [-0.1, -0.05) is 12.1 Å². The number of nitrogens with zero attached hydrogens (tertiary/aromatic N) is 1. The van der Waals surface area contributed by atoms with Gasteiger partial charge in [-0.15, -0.1) is 0 Å². The molecule has 1 aliphatic carbocycles. The van der Waals surface area contributed by atoms with E-state index >= 15 is 0 Å². The number of allylic oxidation sites excluding steroid dienone is 1. The Kier molecular flexibility index (Phi) is 5.11. The molecule has 0 bridgehead atoms. The molecule has 2 aliphatic rings.